The summed E-state index contributed by atoms with van der Waals surface area (Å²) in [6.45, 7) is 3.11. The minimum absolute atomic E-state index is 0.149. The van der Waals surface area contributed by atoms with Crippen molar-refractivity contribution in [1.29, 1.82) is 0 Å². The van der Waals surface area contributed by atoms with Crippen LogP contribution in [-0.4, -0.2) is 47.7 Å². The van der Waals surface area contributed by atoms with Crippen molar-refractivity contribution in [2.24, 2.45) is 11.7 Å². The predicted molar refractivity (Wildman–Crippen MR) is 76.8 cm³/mol. The predicted octanol–water partition coefficient (Wildman–Crippen LogP) is 0.707. The molecule has 1 aliphatic rings. The summed E-state index contributed by atoms with van der Waals surface area (Å²) in [7, 11) is 0. The van der Waals surface area contributed by atoms with E-state index in [1.54, 1.807) is 29.2 Å². The molecular formula is C15H20N2O4. The van der Waals surface area contributed by atoms with E-state index < -0.39 is 17.9 Å². The molecule has 1 aromatic rings. The molecule has 1 aromatic carbocycles. The van der Waals surface area contributed by atoms with Crippen LogP contribution in [-0.2, 0) is 16.1 Å². The number of amides is 1. The van der Waals surface area contributed by atoms with E-state index in [1.807, 2.05) is 6.92 Å². The number of benzene rings is 1. The van der Waals surface area contributed by atoms with Gasteiger partial charge >= 0.3 is 5.97 Å². The molecule has 0 aromatic heterocycles. The molecule has 3 N–H and O–H groups in total. The molecule has 0 saturated carbocycles. The third-order valence-electron chi connectivity index (χ3n) is 3.81. The van der Waals surface area contributed by atoms with Gasteiger partial charge in [0.25, 0.3) is 5.91 Å². The lowest BCUT2D eigenvalue weighted by atomic mass is 10.0. The van der Waals surface area contributed by atoms with Gasteiger partial charge in [0.05, 0.1) is 19.3 Å². The number of nitrogens with zero attached hydrogens (tertiary/aromatic N) is 1. The molecule has 2 rings (SSSR count). The van der Waals surface area contributed by atoms with E-state index in [0.717, 1.165) is 5.56 Å². The first-order valence-electron chi connectivity index (χ1n) is 6.99. The number of carboxylic acids is 1. The van der Waals surface area contributed by atoms with Crippen molar-refractivity contribution in [1.82, 2.24) is 4.90 Å². The number of likely N-dealkylation sites (N-methyl/N-ethyl adjacent to an activating group) is 1. The number of carbonyl (C=O) groups is 2. The second kappa shape index (κ2) is 6.69. The number of hydrogen-bond donors (Lipinski definition) is 2. The number of carbonyl (C=O) groups excluding carboxylic acids is 1. The highest BCUT2D eigenvalue weighted by Crippen LogP contribution is 2.22. The molecular weight excluding hydrogens is 272 g/mol. The van der Waals surface area contributed by atoms with Gasteiger partial charge in [-0.05, 0) is 24.6 Å². The zero-order valence-electron chi connectivity index (χ0n) is 12.0. The Labute approximate surface area is 123 Å². The topological polar surface area (TPSA) is 92.9 Å². The molecule has 2 unspecified atom stereocenters. The minimum Gasteiger partial charge on any atom is -0.481 e. The lowest BCUT2D eigenvalue weighted by Gasteiger charge is -2.29. The number of nitrogens with two attached hydrogens (primary N) is 1. The summed E-state index contributed by atoms with van der Waals surface area (Å²) in [6.07, 6.45) is 0. The number of carboxylic acid groups (broad SMARTS) is 1. The highest BCUT2D eigenvalue weighted by molar-refractivity contribution is 5.94. The fourth-order valence-corrected chi connectivity index (χ4v) is 2.56. The van der Waals surface area contributed by atoms with Gasteiger partial charge in [-0.15, -0.1) is 0 Å². The first kappa shape index (κ1) is 15.5. The molecule has 1 saturated heterocycles. The molecule has 0 aliphatic carbocycles. The Hall–Kier alpha value is -1.92. The van der Waals surface area contributed by atoms with Gasteiger partial charge in [-0.3, -0.25) is 9.59 Å². The standard InChI is InChI=1S/C15H20N2O4/c1-2-17(13-9-21-8-12(13)15(19)20)14(18)11-5-3-10(7-16)4-6-11/h3-6,12-13H,2,7-9,16H2,1H3,(H,19,20). The van der Waals surface area contributed by atoms with Gasteiger partial charge in [0, 0.05) is 18.7 Å². The lowest BCUT2D eigenvalue weighted by molar-refractivity contribution is -0.142. The van der Waals surface area contributed by atoms with Crippen LogP contribution < -0.4 is 5.73 Å². The van der Waals surface area contributed by atoms with E-state index in [4.69, 9.17) is 10.5 Å². The number of aliphatic carboxylic acids is 1. The molecule has 0 bridgehead atoms. The van der Waals surface area contributed by atoms with Crippen LogP contribution in [0.3, 0.4) is 0 Å². The summed E-state index contributed by atoms with van der Waals surface area (Å²) in [5.41, 5.74) is 7.01. The molecule has 0 radical (unpaired) electrons. The van der Waals surface area contributed by atoms with E-state index in [2.05, 4.69) is 0 Å². The van der Waals surface area contributed by atoms with Crippen LogP contribution in [0.4, 0.5) is 0 Å². The molecule has 1 fully saturated rings. The Bertz CT molecular complexity index is 515. The van der Waals surface area contributed by atoms with E-state index in [9.17, 15) is 14.7 Å². The van der Waals surface area contributed by atoms with E-state index in [-0.39, 0.29) is 19.1 Å². The van der Waals surface area contributed by atoms with Crippen LogP contribution in [0.1, 0.15) is 22.8 Å². The maximum atomic E-state index is 12.6. The number of rotatable bonds is 5. The molecule has 114 valence electrons. The number of ether oxygens (including phenoxy) is 1. The van der Waals surface area contributed by atoms with Crippen molar-refractivity contribution >= 4 is 11.9 Å². The summed E-state index contributed by atoms with van der Waals surface area (Å²) >= 11 is 0. The van der Waals surface area contributed by atoms with Gasteiger partial charge in [-0.25, -0.2) is 0 Å². The van der Waals surface area contributed by atoms with Crippen molar-refractivity contribution in [3.8, 4) is 0 Å². The second-order valence-electron chi connectivity index (χ2n) is 5.04. The molecule has 1 aliphatic heterocycles. The Balaban J connectivity index is 2.19. The summed E-state index contributed by atoms with van der Waals surface area (Å²) in [5, 5.41) is 9.22. The maximum Gasteiger partial charge on any atom is 0.311 e. The van der Waals surface area contributed by atoms with Gasteiger partial charge in [0.2, 0.25) is 0 Å². The summed E-state index contributed by atoms with van der Waals surface area (Å²) < 4.78 is 5.25. The Kier molecular flexibility index (Phi) is 4.93. The van der Waals surface area contributed by atoms with Crippen molar-refractivity contribution in [2.45, 2.75) is 19.5 Å². The third kappa shape index (κ3) is 3.22. The van der Waals surface area contributed by atoms with Crippen molar-refractivity contribution in [3.05, 3.63) is 35.4 Å². The molecule has 0 spiro atoms. The number of hydrogen-bond acceptors (Lipinski definition) is 4. The first-order chi connectivity index (χ1) is 10.1. The van der Waals surface area contributed by atoms with Crippen molar-refractivity contribution in [3.63, 3.8) is 0 Å². The van der Waals surface area contributed by atoms with E-state index in [1.165, 1.54) is 0 Å². The van der Waals surface area contributed by atoms with E-state index in [0.29, 0.717) is 18.7 Å². The average Bonchev–Trinajstić information content (AvgIpc) is 2.97. The van der Waals surface area contributed by atoms with Gasteiger partial charge < -0.3 is 20.5 Å². The van der Waals surface area contributed by atoms with Gasteiger partial charge in [-0.2, -0.15) is 0 Å². The molecule has 1 heterocycles. The maximum absolute atomic E-state index is 12.6. The SMILES string of the molecule is CCN(C(=O)c1ccc(CN)cc1)C1COCC1C(=O)O. The Morgan fingerprint density at radius 3 is 2.52 bits per heavy atom. The smallest absolute Gasteiger partial charge is 0.311 e. The summed E-state index contributed by atoms with van der Waals surface area (Å²) in [4.78, 5) is 25.4. The van der Waals surface area contributed by atoms with Gasteiger partial charge in [0.1, 0.15) is 5.92 Å². The van der Waals surface area contributed by atoms with Gasteiger partial charge in [0.15, 0.2) is 0 Å². The first-order valence-corrected chi connectivity index (χ1v) is 6.99. The minimum atomic E-state index is -0.928. The van der Waals surface area contributed by atoms with Crippen LogP contribution in [0, 0.1) is 5.92 Å². The summed E-state index contributed by atoms with van der Waals surface area (Å²) in [5.74, 6) is -1.78. The van der Waals surface area contributed by atoms with Crippen molar-refractivity contribution < 1.29 is 19.4 Å². The molecule has 2 atom stereocenters. The summed E-state index contributed by atoms with van der Waals surface area (Å²) in [6, 6.07) is 6.63. The Morgan fingerprint density at radius 2 is 2.00 bits per heavy atom. The fourth-order valence-electron chi connectivity index (χ4n) is 2.56. The van der Waals surface area contributed by atoms with Crippen LogP contribution >= 0.6 is 0 Å². The Morgan fingerprint density at radius 1 is 1.33 bits per heavy atom. The van der Waals surface area contributed by atoms with Crippen molar-refractivity contribution in [2.75, 3.05) is 19.8 Å². The van der Waals surface area contributed by atoms with Crippen LogP contribution in [0.25, 0.3) is 0 Å². The second-order valence-corrected chi connectivity index (χ2v) is 5.04. The zero-order chi connectivity index (χ0) is 15.4. The van der Waals surface area contributed by atoms with Gasteiger partial charge in [-0.1, -0.05) is 12.1 Å². The highest BCUT2D eigenvalue weighted by Gasteiger charge is 2.39. The quantitative estimate of drug-likeness (QED) is 0.833. The lowest BCUT2D eigenvalue weighted by Crippen LogP contribution is -2.46. The molecule has 21 heavy (non-hydrogen) atoms. The van der Waals surface area contributed by atoms with E-state index >= 15 is 0 Å². The van der Waals surface area contributed by atoms with Crippen LogP contribution in [0.5, 0.6) is 0 Å². The molecule has 6 nitrogen and oxygen atoms in total. The highest BCUT2D eigenvalue weighted by atomic mass is 16.5. The zero-order valence-corrected chi connectivity index (χ0v) is 12.0. The van der Waals surface area contributed by atoms with Crippen LogP contribution in [0.2, 0.25) is 0 Å². The normalized spacial score (nSPS) is 21.2. The molecule has 1 amide bonds. The third-order valence-corrected chi connectivity index (χ3v) is 3.81. The molecule has 6 heteroatoms. The monoisotopic (exact) mass is 292 g/mol. The van der Waals surface area contributed by atoms with Crippen LogP contribution in [0.15, 0.2) is 24.3 Å². The largest absolute Gasteiger partial charge is 0.481 e. The average molecular weight is 292 g/mol. The fraction of sp³-hybridized carbons (Fsp3) is 0.467.